The van der Waals surface area contributed by atoms with E-state index in [0.717, 1.165) is 19.4 Å². The molecule has 0 aliphatic rings. The van der Waals surface area contributed by atoms with E-state index in [1.807, 2.05) is 6.92 Å². The minimum Gasteiger partial charge on any atom is -0.358 e. The predicted molar refractivity (Wildman–Crippen MR) is 74.1 cm³/mol. The molecule has 3 heteroatoms. The lowest BCUT2D eigenvalue weighted by molar-refractivity contribution is -0.127. The minimum atomic E-state index is -0.436. The highest BCUT2D eigenvalue weighted by Gasteiger charge is 2.32. The fourth-order valence-corrected chi connectivity index (χ4v) is 2.26. The summed E-state index contributed by atoms with van der Waals surface area (Å²) < 4.78 is 0. The van der Waals surface area contributed by atoms with Crippen LogP contribution in [0.3, 0.4) is 0 Å². The lowest BCUT2D eigenvalue weighted by Crippen LogP contribution is -2.56. The third-order valence-electron chi connectivity index (χ3n) is 3.36. The Morgan fingerprint density at radius 2 is 1.59 bits per heavy atom. The molecule has 0 rings (SSSR count). The Labute approximate surface area is 107 Å². The van der Waals surface area contributed by atoms with Crippen LogP contribution < -0.4 is 10.6 Å². The molecule has 0 spiro atoms. The van der Waals surface area contributed by atoms with E-state index < -0.39 is 5.54 Å². The van der Waals surface area contributed by atoms with Crippen molar-refractivity contribution in [2.45, 2.75) is 65.8 Å². The normalized spacial score (nSPS) is 15.4. The molecule has 102 valence electrons. The maximum absolute atomic E-state index is 11.9. The van der Waals surface area contributed by atoms with E-state index in [-0.39, 0.29) is 11.3 Å². The zero-order valence-corrected chi connectivity index (χ0v) is 12.4. The zero-order valence-electron chi connectivity index (χ0n) is 12.4. The van der Waals surface area contributed by atoms with Crippen LogP contribution in [0.5, 0.6) is 0 Å². The molecule has 0 aromatic carbocycles. The van der Waals surface area contributed by atoms with Crippen LogP contribution in [0.1, 0.15) is 60.3 Å². The van der Waals surface area contributed by atoms with Gasteiger partial charge in [0.25, 0.3) is 0 Å². The molecule has 3 nitrogen and oxygen atoms in total. The van der Waals surface area contributed by atoms with Crippen molar-refractivity contribution in [3.05, 3.63) is 0 Å². The van der Waals surface area contributed by atoms with E-state index in [4.69, 9.17) is 0 Å². The van der Waals surface area contributed by atoms with Crippen LogP contribution in [0.25, 0.3) is 0 Å². The average Bonchev–Trinajstić information content (AvgIpc) is 2.26. The van der Waals surface area contributed by atoms with Crippen LogP contribution >= 0.6 is 0 Å². The first-order valence-electron chi connectivity index (χ1n) is 6.78. The number of hydrogen-bond acceptors (Lipinski definition) is 2. The molecule has 0 fully saturated rings. The maximum atomic E-state index is 11.9. The molecule has 0 heterocycles. The van der Waals surface area contributed by atoms with E-state index in [0.29, 0.717) is 0 Å². The van der Waals surface area contributed by atoms with Crippen molar-refractivity contribution in [3.8, 4) is 0 Å². The summed E-state index contributed by atoms with van der Waals surface area (Å²) in [6.45, 7) is 11.7. The van der Waals surface area contributed by atoms with Gasteiger partial charge in [-0.3, -0.25) is 4.79 Å². The van der Waals surface area contributed by atoms with Gasteiger partial charge in [0.15, 0.2) is 0 Å². The van der Waals surface area contributed by atoms with E-state index in [1.165, 1.54) is 12.8 Å². The number of carbonyl (C=O) groups excluding carboxylic acids is 1. The minimum absolute atomic E-state index is 0.0895. The fourth-order valence-electron chi connectivity index (χ4n) is 2.26. The topological polar surface area (TPSA) is 41.1 Å². The van der Waals surface area contributed by atoms with Crippen LogP contribution in [-0.2, 0) is 4.79 Å². The number of nitrogens with one attached hydrogen (secondary N) is 2. The molecular formula is C14H30N2O. The molecule has 0 saturated carbocycles. The highest BCUT2D eigenvalue weighted by Crippen LogP contribution is 2.23. The van der Waals surface area contributed by atoms with Gasteiger partial charge in [-0.2, -0.15) is 0 Å². The standard InChI is InChI=1S/C14H30N2O/c1-7-9-13(3,4)11-16-14(5,10-8-2)12(17)15-6/h16H,7-11H2,1-6H3,(H,15,17). The summed E-state index contributed by atoms with van der Waals surface area (Å²) in [6.07, 6.45) is 4.23. The summed E-state index contributed by atoms with van der Waals surface area (Å²) in [7, 11) is 1.70. The van der Waals surface area contributed by atoms with Crippen molar-refractivity contribution in [3.63, 3.8) is 0 Å². The number of rotatable bonds is 8. The van der Waals surface area contributed by atoms with Crippen molar-refractivity contribution in [2.24, 2.45) is 5.41 Å². The number of amides is 1. The first-order chi connectivity index (χ1) is 7.81. The summed E-state index contributed by atoms with van der Waals surface area (Å²) in [5.74, 6) is 0.0895. The van der Waals surface area contributed by atoms with E-state index >= 15 is 0 Å². The third kappa shape index (κ3) is 5.53. The van der Waals surface area contributed by atoms with Crippen LogP contribution in [0.4, 0.5) is 0 Å². The smallest absolute Gasteiger partial charge is 0.239 e. The number of likely N-dealkylation sites (N-methyl/N-ethyl adjacent to an activating group) is 1. The van der Waals surface area contributed by atoms with Gasteiger partial charge in [-0.1, -0.05) is 40.5 Å². The monoisotopic (exact) mass is 242 g/mol. The number of hydrogen-bond donors (Lipinski definition) is 2. The van der Waals surface area contributed by atoms with Crippen molar-refractivity contribution >= 4 is 5.91 Å². The Balaban J connectivity index is 4.50. The van der Waals surface area contributed by atoms with Crippen molar-refractivity contribution in [2.75, 3.05) is 13.6 Å². The Morgan fingerprint density at radius 3 is 2.00 bits per heavy atom. The summed E-state index contributed by atoms with van der Waals surface area (Å²) >= 11 is 0. The lowest BCUT2D eigenvalue weighted by atomic mass is 9.86. The Hall–Kier alpha value is -0.570. The second-order valence-electron chi connectivity index (χ2n) is 5.93. The van der Waals surface area contributed by atoms with E-state index in [1.54, 1.807) is 7.05 Å². The van der Waals surface area contributed by atoms with Gasteiger partial charge in [-0.25, -0.2) is 0 Å². The molecule has 1 amide bonds. The van der Waals surface area contributed by atoms with Crippen LogP contribution in [-0.4, -0.2) is 25.0 Å². The second-order valence-corrected chi connectivity index (χ2v) is 5.93. The molecule has 0 aromatic rings. The quantitative estimate of drug-likeness (QED) is 0.687. The first-order valence-corrected chi connectivity index (χ1v) is 6.78. The maximum Gasteiger partial charge on any atom is 0.239 e. The predicted octanol–water partition coefficient (Wildman–Crippen LogP) is 2.71. The summed E-state index contributed by atoms with van der Waals surface area (Å²) in [4.78, 5) is 11.9. The molecule has 1 unspecified atom stereocenters. The molecule has 0 aromatic heterocycles. The largest absolute Gasteiger partial charge is 0.358 e. The second kappa shape index (κ2) is 7.00. The van der Waals surface area contributed by atoms with E-state index in [9.17, 15) is 4.79 Å². The van der Waals surface area contributed by atoms with Crippen LogP contribution in [0, 0.1) is 5.41 Å². The van der Waals surface area contributed by atoms with Gasteiger partial charge < -0.3 is 10.6 Å². The highest BCUT2D eigenvalue weighted by molar-refractivity contribution is 5.85. The lowest BCUT2D eigenvalue weighted by Gasteiger charge is -2.34. The van der Waals surface area contributed by atoms with Gasteiger partial charge in [0.2, 0.25) is 5.91 Å². The summed E-state index contributed by atoms with van der Waals surface area (Å²) in [6, 6.07) is 0. The third-order valence-corrected chi connectivity index (χ3v) is 3.36. The molecule has 17 heavy (non-hydrogen) atoms. The SMILES string of the molecule is CCCC(C)(C)CNC(C)(CCC)C(=O)NC. The highest BCUT2D eigenvalue weighted by atomic mass is 16.2. The average molecular weight is 242 g/mol. The molecule has 2 N–H and O–H groups in total. The fraction of sp³-hybridized carbons (Fsp3) is 0.929. The molecule has 0 radical (unpaired) electrons. The molecule has 0 saturated heterocycles. The van der Waals surface area contributed by atoms with Gasteiger partial charge >= 0.3 is 0 Å². The van der Waals surface area contributed by atoms with E-state index in [2.05, 4.69) is 38.3 Å². The molecule has 0 aliphatic heterocycles. The van der Waals surface area contributed by atoms with Crippen LogP contribution in [0.15, 0.2) is 0 Å². The molecule has 0 bridgehead atoms. The first kappa shape index (κ1) is 16.4. The van der Waals surface area contributed by atoms with Gasteiger partial charge in [0.1, 0.15) is 0 Å². The van der Waals surface area contributed by atoms with Gasteiger partial charge in [0, 0.05) is 13.6 Å². The summed E-state index contributed by atoms with van der Waals surface area (Å²) in [5, 5.41) is 6.22. The Bertz CT molecular complexity index is 238. The molecular weight excluding hydrogens is 212 g/mol. The summed E-state index contributed by atoms with van der Waals surface area (Å²) in [5.41, 5.74) is -0.188. The van der Waals surface area contributed by atoms with Crippen molar-refractivity contribution in [1.82, 2.24) is 10.6 Å². The van der Waals surface area contributed by atoms with Crippen LogP contribution in [0.2, 0.25) is 0 Å². The van der Waals surface area contributed by atoms with Crippen molar-refractivity contribution in [1.29, 1.82) is 0 Å². The Kier molecular flexibility index (Phi) is 6.76. The molecule has 0 aliphatic carbocycles. The number of carbonyl (C=O) groups is 1. The van der Waals surface area contributed by atoms with Crippen molar-refractivity contribution < 1.29 is 4.79 Å². The Morgan fingerprint density at radius 1 is 1.06 bits per heavy atom. The van der Waals surface area contributed by atoms with Gasteiger partial charge in [-0.05, 0) is 25.2 Å². The molecule has 1 atom stereocenters. The van der Waals surface area contributed by atoms with Gasteiger partial charge in [-0.15, -0.1) is 0 Å². The zero-order chi connectivity index (χ0) is 13.5. The van der Waals surface area contributed by atoms with Gasteiger partial charge in [0.05, 0.1) is 5.54 Å².